The maximum absolute atomic E-state index is 12.7. The topological polar surface area (TPSA) is 113 Å². The number of esters is 1. The van der Waals surface area contributed by atoms with Gasteiger partial charge in [0, 0.05) is 34.3 Å². The van der Waals surface area contributed by atoms with E-state index in [1.807, 2.05) is 13.0 Å². The van der Waals surface area contributed by atoms with Crippen molar-refractivity contribution in [3.8, 4) is 5.75 Å². The van der Waals surface area contributed by atoms with Crippen LogP contribution in [-0.4, -0.2) is 42.5 Å². The van der Waals surface area contributed by atoms with Gasteiger partial charge in [-0.25, -0.2) is 5.43 Å². The summed E-state index contributed by atoms with van der Waals surface area (Å²) in [7, 11) is 2.88. The molecule has 8 nitrogen and oxygen atoms in total. The van der Waals surface area contributed by atoms with E-state index in [4.69, 9.17) is 9.47 Å². The summed E-state index contributed by atoms with van der Waals surface area (Å²) >= 11 is 0. The van der Waals surface area contributed by atoms with Crippen molar-refractivity contribution in [3.05, 3.63) is 40.2 Å². The Morgan fingerprint density at radius 1 is 1.27 bits per heavy atom. The number of ether oxygens (including phenoxy) is 2. The third kappa shape index (κ3) is 3.44. The predicted molar refractivity (Wildman–Crippen MR) is 95.7 cm³/mol. The van der Waals surface area contributed by atoms with Crippen molar-refractivity contribution in [2.45, 2.75) is 31.5 Å². The first-order valence-electron chi connectivity index (χ1n) is 8.41. The van der Waals surface area contributed by atoms with E-state index in [1.54, 1.807) is 25.3 Å². The van der Waals surface area contributed by atoms with Crippen molar-refractivity contribution in [2.24, 2.45) is 5.92 Å². The molecule has 2 aromatic rings. The first-order valence-corrected chi connectivity index (χ1v) is 8.41. The third-order valence-electron chi connectivity index (χ3n) is 4.96. The Balaban J connectivity index is 2.11. The van der Waals surface area contributed by atoms with Crippen LogP contribution in [0.15, 0.2) is 29.1 Å². The molecule has 1 aromatic heterocycles. The number of aliphatic hydroxyl groups excluding tert-OH is 1. The van der Waals surface area contributed by atoms with Crippen LogP contribution in [0.1, 0.15) is 24.8 Å². The van der Waals surface area contributed by atoms with Gasteiger partial charge in [-0.15, -0.1) is 0 Å². The van der Waals surface area contributed by atoms with Crippen molar-refractivity contribution in [3.63, 3.8) is 0 Å². The van der Waals surface area contributed by atoms with E-state index in [2.05, 4.69) is 15.8 Å². The lowest BCUT2D eigenvalue weighted by Gasteiger charge is -2.27. The summed E-state index contributed by atoms with van der Waals surface area (Å²) in [6.45, 7) is 1.89. The predicted octanol–water partition coefficient (Wildman–Crippen LogP) is 0.614. The summed E-state index contributed by atoms with van der Waals surface area (Å²) in [5.74, 6) is -0.670. The van der Waals surface area contributed by atoms with Crippen molar-refractivity contribution < 1.29 is 19.4 Å². The Kier molecular flexibility index (Phi) is 5.26. The van der Waals surface area contributed by atoms with E-state index in [9.17, 15) is 14.7 Å². The fourth-order valence-corrected chi connectivity index (χ4v) is 3.57. The van der Waals surface area contributed by atoms with Crippen LogP contribution in [0.25, 0.3) is 10.9 Å². The summed E-state index contributed by atoms with van der Waals surface area (Å²) in [5, 5.41) is 11.1. The lowest BCUT2D eigenvalue weighted by atomic mass is 9.79. The zero-order chi connectivity index (χ0) is 18.8. The Morgan fingerprint density at radius 2 is 2.04 bits per heavy atom. The molecule has 1 aromatic carbocycles. The molecule has 4 unspecified atom stereocenters. The van der Waals surface area contributed by atoms with Gasteiger partial charge in [0.05, 0.1) is 20.6 Å². The molecule has 4 atom stereocenters. The van der Waals surface area contributed by atoms with Gasteiger partial charge in [-0.05, 0) is 31.2 Å². The molecule has 2 heterocycles. The molecule has 1 aliphatic heterocycles. The zero-order valence-electron chi connectivity index (χ0n) is 14.9. The Labute approximate surface area is 150 Å². The number of aromatic nitrogens is 1. The van der Waals surface area contributed by atoms with Crippen LogP contribution in [0.5, 0.6) is 5.75 Å². The molecule has 1 aliphatic rings. The molecule has 0 bridgehead atoms. The molecule has 0 saturated carbocycles. The maximum Gasteiger partial charge on any atom is 0.306 e. The van der Waals surface area contributed by atoms with Crippen LogP contribution in [0.2, 0.25) is 0 Å². The maximum atomic E-state index is 12.7. The molecule has 26 heavy (non-hydrogen) atoms. The molecule has 1 saturated heterocycles. The normalized spacial score (nSPS) is 23.8. The Hall–Kier alpha value is -2.42. The molecular weight excluding hydrogens is 338 g/mol. The van der Waals surface area contributed by atoms with Crippen LogP contribution >= 0.6 is 0 Å². The van der Waals surface area contributed by atoms with Gasteiger partial charge >= 0.3 is 5.97 Å². The van der Waals surface area contributed by atoms with Gasteiger partial charge in [0.1, 0.15) is 12.0 Å². The second-order valence-electron chi connectivity index (χ2n) is 6.49. The molecule has 0 radical (unpaired) electrons. The quantitative estimate of drug-likeness (QED) is 0.577. The zero-order valence-corrected chi connectivity index (χ0v) is 14.9. The summed E-state index contributed by atoms with van der Waals surface area (Å²) in [6, 6.07) is 6.96. The highest BCUT2D eigenvalue weighted by Crippen LogP contribution is 2.34. The van der Waals surface area contributed by atoms with Gasteiger partial charge in [0.2, 0.25) is 0 Å². The first-order chi connectivity index (χ1) is 12.4. The number of aromatic amines is 1. The number of carbonyl (C=O) groups excluding carboxylic acids is 1. The van der Waals surface area contributed by atoms with E-state index in [0.717, 1.165) is 5.39 Å². The fraction of sp³-hybridized carbons (Fsp3) is 0.444. The number of H-pyrrole nitrogens is 1. The number of hydrogen-bond donors (Lipinski definition) is 4. The first kappa shape index (κ1) is 18.4. The van der Waals surface area contributed by atoms with Gasteiger partial charge in [0.15, 0.2) is 0 Å². The SMILES string of the molecule is COC(=O)CC(c1cc2cc(OC)ccc2[nH]c1=O)C1C(C)NNC1O. The molecule has 8 heteroatoms. The molecular formula is C18H23N3O5. The van der Waals surface area contributed by atoms with Gasteiger partial charge in [-0.1, -0.05) is 0 Å². The molecule has 140 valence electrons. The highest BCUT2D eigenvalue weighted by atomic mass is 16.5. The summed E-state index contributed by atoms with van der Waals surface area (Å²) in [4.78, 5) is 27.5. The lowest BCUT2D eigenvalue weighted by molar-refractivity contribution is -0.141. The van der Waals surface area contributed by atoms with E-state index in [0.29, 0.717) is 16.8 Å². The number of rotatable bonds is 5. The van der Waals surface area contributed by atoms with Crippen molar-refractivity contribution >= 4 is 16.9 Å². The Morgan fingerprint density at radius 3 is 2.65 bits per heavy atom. The number of methoxy groups -OCH3 is 2. The highest BCUT2D eigenvalue weighted by Gasteiger charge is 2.40. The minimum atomic E-state index is -0.889. The number of hydrogen-bond acceptors (Lipinski definition) is 7. The second-order valence-corrected chi connectivity index (χ2v) is 6.49. The summed E-state index contributed by atoms with van der Waals surface area (Å²) < 4.78 is 10.0. The average molecular weight is 361 g/mol. The van der Waals surface area contributed by atoms with Gasteiger partial charge in [-0.2, -0.15) is 0 Å². The number of aliphatic hydroxyl groups is 1. The van der Waals surface area contributed by atoms with Crippen LogP contribution in [0.4, 0.5) is 0 Å². The minimum absolute atomic E-state index is 0.00944. The number of hydrazine groups is 1. The third-order valence-corrected chi connectivity index (χ3v) is 4.96. The van der Waals surface area contributed by atoms with Crippen LogP contribution in [0, 0.1) is 5.92 Å². The molecule has 4 N–H and O–H groups in total. The van der Waals surface area contributed by atoms with Crippen molar-refractivity contribution in [2.75, 3.05) is 14.2 Å². The smallest absolute Gasteiger partial charge is 0.306 e. The molecule has 0 aliphatic carbocycles. The van der Waals surface area contributed by atoms with E-state index < -0.39 is 18.1 Å². The van der Waals surface area contributed by atoms with Crippen molar-refractivity contribution in [1.82, 2.24) is 15.8 Å². The average Bonchev–Trinajstić information content (AvgIpc) is 2.97. The fourth-order valence-electron chi connectivity index (χ4n) is 3.57. The van der Waals surface area contributed by atoms with E-state index in [1.165, 1.54) is 7.11 Å². The van der Waals surface area contributed by atoms with Crippen molar-refractivity contribution in [1.29, 1.82) is 0 Å². The monoisotopic (exact) mass is 361 g/mol. The molecule has 3 rings (SSSR count). The van der Waals surface area contributed by atoms with E-state index >= 15 is 0 Å². The molecule has 1 fully saturated rings. The van der Waals surface area contributed by atoms with E-state index in [-0.39, 0.29) is 23.9 Å². The summed E-state index contributed by atoms with van der Waals surface area (Å²) in [5.41, 5.74) is 6.52. The summed E-state index contributed by atoms with van der Waals surface area (Å²) in [6.07, 6.45) is -0.898. The minimum Gasteiger partial charge on any atom is -0.497 e. The van der Waals surface area contributed by atoms with Crippen LogP contribution in [0.3, 0.4) is 0 Å². The van der Waals surface area contributed by atoms with Crippen LogP contribution < -0.4 is 21.1 Å². The Bertz CT molecular complexity index is 856. The van der Waals surface area contributed by atoms with Crippen LogP contribution in [-0.2, 0) is 9.53 Å². The second kappa shape index (κ2) is 7.45. The lowest BCUT2D eigenvalue weighted by Crippen LogP contribution is -2.35. The molecule has 0 amide bonds. The number of pyridine rings is 1. The number of benzene rings is 1. The van der Waals surface area contributed by atoms with Gasteiger partial charge in [0.25, 0.3) is 5.56 Å². The van der Waals surface area contributed by atoms with Gasteiger partial charge < -0.3 is 19.6 Å². The highest BCUT2D eigenvalue weighted by molar-refractivity contribution is 5.81. The number of fused-ring (bicyclic) bond motifs is 1. The number of carbonyl (C=O) groups is 1. The standard InChI is InChI=1S/C18H23N3O5/c1-9-16(18(24)21-20-9)12(8-15(22)26-3)13-7-10-6-11(25-2)4-5-14(10)19-17(13)23/h4-7,9,12,16,18,20-21,24H,8H2,1-3H3,(H,19,23). The number of nitrogens with one attached hydrogen (secondary N) is 3. The molecule has 0 spiro atoms. The largest absolute Gasteiger partial charge is 0.497 e. The van der Waals surface area contributed by atoms with Gasteiger partial charge in [-0.3, -0.25) is 15.0 Å².